The van der Waals surface area contributed by atoms with Crippen molar-refractivity contribution in [2.24, 2.45) is 5.92 Å². The summed E-state index contributed by atoms with van der Waals surface area (Å²) in [5.74, 6) is 2.29. The number of nitrogens with one attached hydrogen (secondary N) is 2. The fraction of sp³-hybridized carbons (Fsp3) is 0.143. The molecule has 0 aliphatic heterocycles. The van der Waals surface area contributed by atoms with E-state index in [-0.39, 0.29) is 11.8 Å². The first-order chi connectivity index (χ1) is 12.8. The molecule has 130 valence electrons. The van der Waals surface area contributed by atoms with Crippen LogP contribution in [0.4, 0.5) is 17.2 Å². The van der Waals surface area contributed by atoms with Gasteiger partial charge in [0.15, 0.2) is 5.75 Å². The van der Waals surface area contributed by atoms with E-state index in [0.717, 1.165) is 35.7 Å². The normalized spacial score (nSPS) is 13.1. The summed E-state index contributed by atoms with van der Waals surface area (Å²) in [5, 5.41) is 6.14. The van der Waals surface area contributed by atoms with Gasteiger partial charge in [-0.2, -0.15) is 0 Å². The van der Waals surface area contributed by atoms with E-state index in [1.165, 1.54) is 0 Å². The lowest BCUT2D eigenvalue weighted by Gasteiger charge is -2.13. The third-order valence-corrected chi connectivity index (χ3v) is 4.10. The van der Waals surface area contributed by atoms with Gasteiger partial charge in [0.05, 0.1) is 17.6 Å². The Labute approximate surface area is 152 Å². The molecule has 0 unspecified atom stereocenters. The molecule has 1 amide bonds. The van der Waals surface area contributed by atoms with Crippen molar-refractivity contribution in [3.05, 3.63) is 72.9 Å². The molecule has 5 nitrogen and oxygen atoms in total. The smallest absolute Gasteiger partial charge is 0.228 e. The number of para-hydroxylation sites is 3. The molecule has 0 bridgehead atoms. The summed E-state index contributed by atoms with van der Waals surface area (Å²) in [4.78, 5) is 16.1. The van der Waals surface area contributed by atoms with Gasteiger partial charge in [0.2, 0.25) is 5.91 Å². The lowest BCUT2D eigenvalue weighted by Crippen LogP contribution is -2.14. The monoisotopic (exact) mass is 345 g/mol. The number of hydrogen-bond donors (Lipinski definition) is 2. The quantitative estimate of drug-likeness (QED) is 0.662. The zero-order valence-electron chi connectivity index (χ0n) is 14.2. The highest BCUT2D eigenvalue weighted by molar-refractivity contribution is 5.93. The second kappa shape index (κ2) is 7.27. The largest absolute Gasteiger partial charge is 0.455 e. The number of anilines is 3. The maximum Gasteiger partial charge on any atom is 0.228 e. The van der Waals surface area contributed by atoms with Gasteiger partial charge in [-0.25, -0.2) is 4.98 Å². The SMILES string of the molecule is O=C(Nc1ccc(Nc2ccccc2Oc2ccccc2)cn1)C1CC1. The van der Waals surface area contributed by atoms with Crippen LogP contribution in [0.15, 0.2) is 72.9 Å². The first-order valence-electron chi connectivity index (χ1n) is 8.64. The van der Waals surface area contributed by atoms with Crippen LogP contribution in [0.2, 0.25) is 0 Å². The molecule has 3 aromatic rings. The first kappa shape index (κ1) is 16.1. The van der Waals surface area contributed by atoms with Crippen molar-refractivity contribution in [1.82, 2.24) is 4.98 Å². The van der Waals surface area contributed by atoms with Crippen LogP contribution in [0.3, 0.4) is 0 Å². The molecule has 1 aromatic heterocycles. The second-order valence-electron chi connectivity index (χ2n) is 6.23. The van der Waals surface area contributed by atoms with E-state index in [4.69, 9.17) is 4.74 Å². The molecule has 1 fully saturated rings. The zero-order chi connectivity index (χ0) is 17.8. The molecule has 0 saturated heterocycles. The zero-order valence-corrected chi connectivity index (χ0v) is 14.2. The maximum absolute atomic E-state index is 11.8. The Kier molecular flexibility index (Phi) is 4.51. The molecule has 2 N–H and O–H groups in total. The average molecular weight is 345 g/mol. The number of carbonyl (C=O) groups excluding carboxylic acids is 1. The summed E-state index contributed by atoms with van der Waals surface area (Å²) >= 11 is 0. The topological polar surface area (TPSA) is 63.2 Å². The van der Waals surface area contributed by atoms with Crippen LogP contribution >= 0.6 is 0 Å². The summed E-state index contributed by atoms with van der Waals surface area (Å²) < 4.78 is 5.95. The molecule has 0 atom stereocenters. The van der Waals surface area contributed by atoms with Crippen LogP contribution in [-0.2, 0) is 4.79 Å². The van der Waals surface area contributed by atoms with Crippen molar-refractivity contribution < 1.29 is 9.53 Å². The molecule has 1 heterocycles. The highest BCUT2D eigenvalue weighted by Gasteiger charge is 2.29. The van der Waals surface area contributed by atoms with E-state index in [2.05, 4.69) is 15.6 Å². The van der Waals surface area contributed by atoms with Gasteiger partial charge in [-0.15, -0.1) is 0 Å². The number of carbonyl (C=O) groups is 1. The molecule has 1 aliphatic carbocycles. The third kappa shape index (κ3) is 4.00. The Morgan fingerprint density at radius 2 is 1.73 bits per heavy atom. The first-order valence-corrected chi connectivity index (χ1v) is 8.64. The Hall–Kier alpha value is -3.34. The lowest BCUT2D eigenvalue weighted by molar-refractivity contribution is -0.117. The Bertz CT molecular complexity index is 891. The van der Waals surface area contributed by atoms with Crippen molar-refractivity contribution in [1.29, 1.82) is 0 Å². The van der Waals surface area contributed by atoms with Crippen molar-refractivity contribution in [2.45, 2.75) is 12.8 Å². The Morgan fingerprint density at radius 1 is 0.962 bits per heavy atom. The summed E-state index contributed by atoms with van der Waals surface area (Å²) in [6, 6.07) is 21.0. The third-order valence-electron chi connectivity index (χ3n) is 4.10. The number of ether oxygens (including phenoxy) is 1. The summed E-state index contributed by atoms with van der Waals surface area (Å²) in [5.41, 5.74) is 1.66. The Balaban J connectivity index is 1.46. The summed E-state index contributed by atoms with van der Waals surface area (Å²) in [6.07, 6.45) is 3.65. The van der Waals surface area contributed by atoms with Gasteiger partial charge in [-0.3, -0.25) is 4.79 Å². The minimum atomic E-state index is 0.0554. The van der Waals surface area contributed by atoms with E-state index in [1.54, 1.807) is 12.3 Å². The van der Waals surface area contributed by atoms with E-state index in [1.807, 2.05) is 60.7 Å². The molecule has 5 heteroatoms. The number of benzene rings is 2. The van der Waals surface area contributed by atoms with Gasteiger partial charge < -0.3 is 15.4 Å². The van der Waals surface area contributed by atoms with Crippen LogP contribution in [-0.4, -0.2) is 10.9 Å². The van der Waals surface area contributed by atoms with Gasteiger partial charge in [0.1, 0.15) is 11.6 Å². The van der Waals surface area contributed by atoms with Crippen molar-refractivity contribution in [3.63, 3.8) is 0 Å². The summed E-state index contributed by atoms with van der Waals surface area (Å²) in [6.45, 7) is 0. The molecule has 1 aliphatic rings. The summed E-state index contributed by atoms with van der Waals surface area (Å²) in [7, 11) is 0. The van der Waals surface area contributed by atoms with Gasteiger partial charge in [-0.05, 0) is 49.2 Å². The van der Waals surface area contributed by atoms with Gasteiger partial charge in [0, 0.05) is 5.92 Å². The number of nitrogens with zero attached hydrogens (tertiary/aromatic N) is 1. The highest BCUT2D eigenvalue weighted by Crippen LogP contribution is 2.32. The van der Waals surface area contributed by atoms with Gasteiger partial charge >= 0.3 is 0 Å². The molecule has 1 saturated carbocycles. The predicted octanol–water partition coefficient (Wildman–Crippen LogP) is 4.97. The molecule has 0 spiro atoms. The van der Waals surface area contributed by atoms with Crippen LogP contribution in [0, 0.1) is 5.92 Å². The molecular formula is C21H19N3O2. The average Bonchev–Trinajstić information content (AvgIpc) is 3.51. The van der Waals surface area contributed by atoms with Crippen LogP contribution in [0.25, 0.3) is 0 Å². The van der Waals surface area contributed by atoms with Gasteiger partial charge in [0.25, 0.3) is 0 Å². The molecule has 4 rings (SSSR count). The molecule has 26 heavy (non-hydrogen) atoms. The maximum atomic E-state index is 11.8. The van der Waals surface area contributed by atoms with E-state index in [9.17, 15) is 4.79 Å². The number of pyridine rings is 1. The van der Waals surface area contributed by atoms with Crippen molar-refractivity contribution in [3.8, 4) is 11.5 Å². The molecular weight excluding hydrogens is 326 g/mol. The second-order valence-corrected chi connectivity index (χ2v) is 6.23. The number of rotatable bonds is 6. The number of amides is 1. The fourth-order valence-corrected chi connectivity index (χ4v) is 2.55. The van der Waals surface area contributed by atoms with Gasteiger partial charge in [-0.1, -0.05) is 30.3 Å². The standard InChI is InChI=1S/C21H19N3O2/c25-21(15-10-11-15)24-20-13-12-16(14-22-20)23-18-8-4-5-9-19(18)26-17-6-2-1-3-7-17/h1-9,12-15,23H,10-11H2,(H,22,24,25). The van der Waals surface area contributed by atoms with E-state index >= 15 is 0 Å². The predicted molar refractivity (Wildman–Crippen MR) is 102 cm³/mol. The van der Waals surface area contributed by atoms with Crippen LogP contribution in [0.1, 0.15) is 12.8 Å². The van der Waals surface area contributed by atoms with E-state index < -0.39 is 0 Å². The Morgan fingerprint density at radius 3 is 2.46 bits per heavy atom. The van der Waals surface area contributed by atoms with Crippen molar-refractivity contribution >= 4 is 23.1 Å². The van der Waals surface area contributed by atoms with E-state index in [0.29, 0.717) is 5.82 Å². The fourth-order valence-electron chi connectivity index (χ4n) is 2.55. The number of aromatic nitrogens is 1. The molecule has 0 radical (unpaired) electrons. The number of hydrogen-bond acceptors (Lipinski definition) is 4. The minimum absolute atomic E-state index is 0.0554. The molecule has 2 aromatic carbocycles. The lowest BCUT2D eigenvalue weighted by atomic mass is 10.2. The van der Waals surface area contributed by atoms with Crippen LogP contribution < -0.4 is 15.4 Å². The minimum Gasteiger partial charge on any atom is -0.455 e. The van der Waals surface area contributed by atoms with Crippen LogP contribution in [0.5, 0.6) is 11.5 Å². The highest BCUT2D eigenvalue weighted by atomic mass is 16.5. The van der Waals surface area contributed by atoms with Crippen molar-refractivity contribution in [2.75, 3.05) is 10.6 Å².